The molecule has 0 aromatic carbocycles. The van der Waals surface area contributed by atoms with E-state index in [0.29, 0.717) is 6.92 Å². The summed E-state index contributed by atoms with van der Waals surface area (Å²) in [5.74, 6) is -0.835. The Morgan fingerprint density at radius 3 is 2.88 bits per heavy atom. The van der Waals surface area contributed by atoms with Gasteiger partial charge in [0.25, 0.3) is 5.56 Å². The Balaban J connectivity index is 2.69. The van der Waals surface area contributed by atoms with Crippen molar-refractivity contribution in [2.24, 2.45) is 0 Å². The molecule has 0 saturated heterocycles. The van der Waals surface area contributed by atoms with Crippen molar-refractivity contribution in [3.05, 3.63) is 34.7 Å². The van der Waals surface area contributed by atoms with Crippen molar-refractivity contribution in [2.75, 3.05) is 0 Å². The second kappa shape index (κ2) is 3.69. The van der Waals surface area contributed by atoms with E-state index < -0.39 is 17.5 Å². The van der Waals surface area contributed by atoms with E-state index in [4.69, 9.17) is 5.11 Å². The second-order valence-electron chi connectivity index (χ2n) is 3.43. The second-order valence-corrected chi connectivity index (χ2v) is 3.43. The molecule has 2 aromatic heterocycles. The molecule has 0 aliphatic heterocycles. The van der Waals surface area contributed by atoms with Crippen LogP contribution in [0.15, 0.2) is 29.2 Å². The number of aromatic nitrogens is 2. The SMILES string of the molecule is CC(F)(F)Oc1cccn2c(=O)cc(O)nc12. The van der Waals surface area contributed by atoms with Crippen LogP contribution in [0.4, 0.5) is 8.78 Å². The van der Waals surface area contributed by atoms with Crippen LogP contribution in [-0.2, 0) is 0 Å². The van der Waals surface area contributed by atoms with Gasteiger partial charge in [-0.15, -0.1) is 0 Å². The molecule has 0 aliphatic carbocycles. The van der Waals surface area contributed by atoms with Gasteiger partial charge in [-0.1, -0.05) is 0 Å². The van der Waals surface area contributed by atoms with E-state index in [-0.39, 0.29) is 11.4 Å². The average molecular weight is 242 g/mol. The van der Waals surface area contributed by atoms with Crippen molar-refractivity contribution in [1.82, 2.24) is 9.38 Å². The number of alkyl halides is 2. The van der Waals surface area contributed by atoms with Crippen molar-refractivity contribution in [2.45, 2.75) is 13.0 Å². The minimum absolute atomic E-state index is 0.168. The summed E-state index contributed by atoms with van der Waals surface area (Å²) >= 11 is 0. The molecule has 2 heterocycles. The minimum atomic E-state index is -3.40. The topological polar surface area (TPSA) is 63.8 Å². The van der Waals surface area contributed by atoms with Gasteiger partial charge in [0, 0.05) is 13.1 Å². The first kappa shape index (κ1) is 11.3. The predicted molar refractivity (Wildman–Crippen MR) is 54.4 cm³/mol. The molecule has 0 fully saturated rings. The van der Waals surface area contributed by atoms with E-state index in [1.165, 1.54) is 18.3 Å². The summed E-state index contributed by atoms with van der Waals surface area (Å²) in [6, 6.07) is 3.48. The quantitative estimate of drug-likeness (QED) is 0.864. The molecule has 0 spiro atoms. The van der Waals surface area contributed by atoms with Gasteiger partial charge < -0.3 is 9.84 Å². The molecule has 2 aromatic rings. The van der Waals surface area contributed by atoms with Crippen LogP contribution in [0.3, 0.4) is 0 Å². The predicted octanol–water partition coefficient (Wildman–Crippen LogP) is 1.39. The van der Waals surface area contributed by atoms with Gasteiger partial charge in [0.15, 0.2) is 11.4 Å². The average Bonchev–Trinajstić information content (AvgIpc) is 2.17. The highest BCUT2D eigenvalue weighted by Crippen LogP contribution is 2.24. The van der Waals surface area contributed by atoms with Gasteiger partial charge in [0.1, 0.15) is 0 Å². The van der Waals surface area contributed by atoms with Crippen LogP contribution in [0.1, 0.15) is 6.92 Å². The summed E-state index contributed by atoms with van der Waals surface area (Å²) in [4.78, 5) is 15.0. The fraction of sp³-hybridized carbons (Fsp3) is 0.200. The first-order valence-electron chi connectivity index (χ1n) is 4.65. The van der Waals surface area contributed by atoms with Crippen molar-refractivity contribution in [1.29, 1.82) is 0 Å². The number of rotatable bonds is 2. The first-order valence-corrected chi connectivity index (χ1v) is 4.65. The maximum absolute atomic E-state index is 12.7. The Hall–Kier alpha value is -2.18. The van der Waals surface area contributed by atoms with E-state index in [1.807, 2.05) is 0 Å². The molecule has 7 heteroatoms. The van der Waals surface area contributed by atoms with Gasteiger partial charge in [-0.2, -0.15) is 13.8 Å². The number of aromatic hydroxyl groups is 1. The highest BCUT2D eigenvalue weighted by Gasteiger charge is 2.24. The number of halogens is 2. The number of hydrogen-bond donors (Lipinski definition) is 1. The molecule has 17 heavy (non-hydrogen) atoms. The van der Waals surface area contributed by atoms with E-state index in [1.54, 1.807) is 0 Å². The summed E-state index contributed by atoms with van der Waals surface area (Å²) in [5.41, 5.74) is -0.753. The Kier molecular flexibility index (Phi) is 2.45. The third-order valence-electron chi connectivity index (χ3n) is 1.93. The summed E-state index contributed by atoms with van der Waals surface area (Å²) in [5, 5.41) is 9.17. The molecule has 0 radical (unpaired) electrons. The highest BCUT2D eigenvalue weighted by molar-refractivity contribution is 5.54. The van der Waals surface area contributed by atoms with Gasteiger partial charge in [0.2, 0.25) is 5.88 Å². The Labute approximate surface area is 93.9 Å². The fourth-order valence-electron chi connectivity index (χ4n) is 1.36. The monoisotopic (exact) mass is 242 g/mol. The zero-order valence-corrected chi connectivity index (χ0v) is 8.72. The number of fused-ring (bicyclic) bond motifs is 1. The molecule has 2 rings (SSSR count). The summed E-state index contributed by atoms with van der Waals surface area (Å²) in [7, 11) is 0. The Bertz CT molecular complexity index is 619. The van der Waals surface area contributed by atoms with Gasteiger partial charge in [-0.05, 0) is 12.1 Å². The molecule has 0 bridgehead atoms. The maximum atomic E-state index is 12.7. The van der Waals surface area contributed by atoms with Gasteiger partial charge >= 0.3 is 6.11 Å². The lowest BCUT2D eigenvalue weighted by atomic mass is 10.4. The highest BCUT2D eigenvalue weighted by atomic mass is 19.3. The van der Waals surface area contributed by atoms with E-state index in [0.717, 1.165) is 10.5 Å². The van der Waals surface area contributed by atoms with E-state index in [2.05, 4.69) is 9.72 Å². The standard InChI is InChI=1S/C10H8F2N2O3/c1-10(11,12)17-6-3-2-4-14-8(16)5-7(15)13-9(6)14/h2-5,15H,1H3. The number of hydrogen-bond acceptors (Lipinski definition) is 4. The van der Waals surface area contributed by atoms with Gasteiger partial charge in [0.05, 0.1) is 6.07 Å². The molecule has 0 atom stereocenters. The van der Waals surface area contributed by atoms with Crippen LogP contribution in [0.2, 0.25) is 0 Å². The van der Waals surface area contributed by atoms with Crippen LogP contribution >= 0.6 is 0 Å². The first-order chi connectivity index (χ1) is 7.87. The third-order valence-corrected chi connectivity index (χ3v) is 1.93. The molecular weight excluding hydrogens is 234 g/mol. The lowest BCUT2D eigenvalue weighted by Crippen LogP contribution is -2.21. The Morgan fingerprint density at radius 2 is 2.24 bits per heavy atom. The van der Waals surface area contributed by atoms with Gasteiger partial charge in [-0.25, -0.2) is 0 Å². The van der Waals surface area contributed by atoms with Crippen LogP contribution in [0.5, 0.6) is 11.6 Å². The molecule has 1 N–H and O–H groups in total. The van der Waals surface area contributed by atoms with Crippen molar-refractivity contribution < 1.29 is 18.6 Å². The number of nitrogens with zero attached hydrogens (tertiary/aromatic N) is 2. The van der Waals surface area contributed by atoms with Crippen LogP contribution in [-0.4, -0.2) is 20.6 Å². The molecule has 0 amide bonds. The molecular formula is C10H8F2N2O3. The van der Waals surface area contributed by atoms with Crippen molar-refractivity contribution in [3.8, 4) is 11.6 Å². The van der Waals surface area contributed by atoms with Crippen molar-refractivity contribution >= 4 is 5.65 Å². The summed E-state index contributed by atoms with van der Waals surface area (Å²) in [6.45, 7) is 0.567. The molecule has 0 unspecified atom stereocenters. The minimum Gasteiger partial charge on any atom is -0.493 e. The maximum Gasteiger partial charge on any atom is 0.395 e. The molecule has 90 valence electrons. The zero-order chi connectivity index (χ0) is 12.6. The van der Waals surface area contributed by atoms with Crippen LogP contribution < -0.4 is 10.3 Å². The van der Waals surface area contributed by atoms with Gasteiger partial charge in [-0.3, -0.25) is 9.20 Å². The van der Waals surface area contributed by atoms with E-state index >= 15 is 0 Å². The number of ether oxygens (including phenoxy) is 1. The summed E-state index contributed by atoms with van der Waals surface area (Å²) < 4.78 is 30.8. The summed E-state index contributed by atoms with van der Waals surface area (Å²) in [6.07, 6.45) is -2.06. The molecule has 0 saturated carbocycles. The lowest BCUT2D eigenvalue weighted by molar-refractivity contribution is -0.158. The fourth-order valence-corrected chi connectivity index (χ4v) is 1.36. The normalized spacial score (nSPS) is 11.7. The lowest BCUT2D eigenvalue weighted by Gasteiger charge is -2.14. The largest absolute Gasteiger partial charge is 0.493 e. The third kappa shape index (κ3) is 2.32. The molecule has 5 nitrogen and oxygen atoms in total. The van der Waals surface area contributed by atoms with Crippen molar-refractivity contribution in [3.63, 3.8) is 0 Å². The zero-order valence-electron chi connectivity index (χ0n) is 8.72. The van der Waals surface area contributed by atoms with E-state index in [9.17, 15) is 13.6 Å². The Morgan fingerprint density at radius 1 is 1.53 bits per heavy atom. The van der Waals surface area contributed by atoms with Crippen LogP contribution in [0.25, 0.3) is 5.65 Å². The van der Waals surface area contributed by atoms with Crippen LogP contribution in [0, 0.1) is 0 Å². The molecule has 0 aliphatic rings. The number of pyridine rings is 1. The smallest absolute Gasteiger partial charge is 0.395 e.